The number of hydrogen-bond acceptors (Lipinski definition) is 3. The topological polar surface area (TPSA) is 55.5 Å². The predicted molar refractivity (Wildman–Crippen MR) is 45.7 cm³/mol. The first kappa shape index (κ1) is 8.48. The average molecular weight is 171 g/mol. The molecule has 0 radical (unpaired) electrons. The first-order valence-corrected chi connectivity index (χ1v) is 4.81. The van der Waals surface area contributed by atoms with E-state index >= 15 is 0 Å². The van der Waals surface area contributed by atoms with Gasteiger partial charge in [0.15, 0.2) is 0 Å². The molecule has 2 bridgehead atoms. The highest BCUT2D eigenvalue weighted by Gasteiger charge is 2.40. The summed E-state index contributed by atoms with van der Waals surface area (Å²) in [5.74, 6) is 0.617. The minimum atomic E-state index is -0.0436. The van der Waals surface area contributed by atoms with Crippen molar-refractivity contribution in [2.24, 2.45) is 11.7 Å². The number of nitrogens with two attached hydrogens (primary N) is 1. The second-order valence-corrected chi connectivity index (χ2v) is 4.05. The van der Waals surface area contributed by atoms with Gasteiger partial charge in [-0.3, -0.25) is 0 Å². The Hall–Kier alpha value is -0.120. The Morgan fingerprint density at radius 1 is 1.50 bits per heavy atom. The standard InChI is InChI=1S/C9H17NO2/c10-7(5-11)3-6-4-8-1-2-9(6)12-8/h6-9,11H,1-5,10H2. The SMILES string of the molecule is NC(CO)CC1CC2CCC1O2. The average Bonchev–Trinajstić information content (AvgIpc) is 2.64. The second kappa shape index (κ2) is 3.32. The Balaban J connectivity index is 1.82. The maximum absolute atomic E-state index is 8.80. The number of aliphatic hydroxyl groups excluding tert-OH is 1. The first-order valence-electron chi connectivity index (χ1n) is 4.81. The molecule has 0 saturated carbocycles. The van der Waals surface area contributed by atoms with E-state index < -0.39 is 0 Å². The van der Waals surface area contributed by atoms with Crippen LogP contribution < -0.4 is 5.73 Å². The normalized spacial score (nSPS) is 42.0. The third-order valence-corrected chi connectivity index (χ3v) is 3.07. The zero-order chi connectivity index (χ0) is 8.55. The van der Waals surface area contributed by atoms with Crippen LogP contribution in [0.4, 0.5) is 0 Å². The van der Waals surface area contributed by atoms with Crippen LogP contribution >= 0.6 is 0 Å². The Morgan fingerprint density at radius 2 is 2.33 bits per heavy atom. The Kier molecular flexibility index (Phi) is 2.35. The molecule has 0 spiro atoms. The summed E-state index contributed by atoms with van der Waals surface area (Å²) in [6.45, 7) is 0.105. The molecule has 0 amide bonds. The fraction of sp³-hybridized carbons (Fsp3) is 1.00. The lowest BCUT2D eigenvalue weighted by molar-refractivity contribution is 0.0886. The van der Waals surface area contributed by atoms with Crippen molar-refractivity contribution in [2.45, 2.75) is 43.9 Å². The van der Waals surface area contributed by atoms with Gasteiger partial charge in [0.1, 0.15) is 0 Å². The van der Waals surface area contributed by atoms with Crippen LogP contribution in [0.3, 0.4) is 0 Å². The molecule has 3 nitrogen and oxygen atoms in total. The minimum Gasteiger partial charge on any atom is -0.395 e. The smallest absolute Gasteiger partial charge is 0.0609 e. The minimum absolute atomic E-state index is 0.0436. The van der Waals surface area contributed by atoms with Crippen LogP contribution in [0, 0.1) is 5.92 Å². The summed E-state index contributed by atoms with van der Waals surface area (Å²) >= 11 is 0. The molecule has 2 saturated heterocycles. The molecule has 3 N–H and O–H groups in total. The second-order valence-electron chi connectivity index (χ2n) is 4.05. The van der Waals surface area contributed by atoms with Gasteiger partial charge in [-0.05, 0) is 31.6 Å². The van der Waals surface area contributed by atoms with Crippen LogP contribution in [-0.2, 0) is 4.74 Å². The van der Waals surface area contributed by atoms with Gasteiger partial charge in [0.05, 0.1) is 18.8 Å². The Bertz CT molecular complexity index is 163. The molecule has 0 aromatic heterocycles. The third kappa shape index (κ3) is 1.49. The van der Waals surface area contributed by atoms with E-state index in [4.69, 9.17) is 15.6 Å². The highest BCUT2D eigenvalue weighted by Crippen LogP contribution is 2.40. The molecule has 0 aliphatic carbocycles. The molecule has 3 heteroatoms. The highest BCUT2D eigenvalue weighted by molar-refractivity contribution is 4.90. The number of fused-ring (bicyclic) bond motifs is 2. The molecule has 2 heterocycles. The summed E-state index contributed by atoms with van der Waals surface area (Å²) in [5, 5.41) is 8.80. The van der Waals surface area contributed by atoms with Crippen LogP contribution in [0.25, 0.3) is 0 Å². The van der Waals surface area contributed by atoms with Gasteiger partial charge in [0.25, 0.3) is 0 Å². The van der Waals surface area contributed by atoms with E-state index in [1.165, 1.54) is 19.3 Å². The van der Waals surface area contributed by atoms with Crippen molar-refractivity contribution in [3.05, 3.63) is 0 Å². The monoisotopic (exact) mass is 171 g/mol. The molecule has 70 valence electrons. The Morgan fingerprint density at radius 3 is 2.83 bits per heavy atom. The lowest BCUT2D eigenvalue weighted by atomic mass is 9.85. The molecule has 0 aromatic rings. The maximum Gasteiger partial charge on any atom is 0.0609 e. The van der Waals surface area contributed by atoms with E-state index in [1.807, 2.05) is 0 Å². The predicted octanol–water partition coefficient (Wildman–Crippen LogP) is 0.264. The summed E-state index contributed by atoms with van der Waals surface area (Å²) in [4.78, 5) is 0. The van der Waals surface area contributed by atoms with Gasteiger partial charge >= 0.3 is 0 Å². The summed E-state index contributed by atoms with van der Waals surface area (Å²) in [7, 11) is 0. The zero-order valence-corrected chi connectivity index (χ0v) is 7.28. The van der Waals surface area contributed by atoms with Gasteiger partial charge in [-0.15, -0.1) is 0 Å². The van der Waals surface area contributed by atoms with E-state index in [9.17, 15) is 0 Å². The summed E-state index contributed by atoms with van der Waals surface area (Å²) in [5.41, 5.74) is 5.68. The van der Waals surface area contributed by atoms with Crippen molar-refractivity contribution in [3.8, 4) is 0 Å². The molecular formula is C9H17NO2. The lowest BCUT2D eigenvalue weighted by Gasteiger charge is -2.20. The van der Waals surface area contributed by atoms with Crippen molar-refractivity contribution < 1.29 is 9.84 Å². The van der Waals surface area contributed by atoms with E-state index in [0.717, 1.165) is 6.42 Å². The van der Waals surface area contributed by atoms with Gasteiger partial charge < -0.3 is 15.6 Å². The van der Waals surface area contributed by atoms with Gasteiger partial charge in [0.2, 0.25) is 0 Å². The van der Waals surface area contributed by atoms with Gasteiger partial charge in [-0.1, -0.05) is 0 Å². The summed E-state index contributed by atoms with van der Waals surface area (Å²) in [6, 6.07) is -0.0436. The summed E-state index contributed by atoms with van der Waals surface area (Å²) in [6.07, 6.45) is 5.48. The van der Waals surface area contributed by atoms with Crippen molar-refractivity contribution >= 4 is 0 Å². The molecule has 2 aliphatic heterocycles. The fourth-order valence-electron chi connectivity index (χ4n) is 2.45. The van der Waals surface area contributed by atoms with E-state index in [-0.39, 0.29) is 12.6 Å². The molecule has 2 rings (SSSR count). The first-order chi connectivity index (χ1) is 5.79. The molecule has 4 atom stereocenters. The number of rotatable bonds is 3. The molecule has 12 heavy (non-hydrogen) atoms. The van der Waals surface area contributed by atoms with Gasteiger partial charge in [-0.2, -0.15) is 0 Å². The van der Waals surface area contributed by atoms with E-state index in [2.05, 4.69) is 0 Å². The maximum atomic E-state index is 8.80. The van der Waals surface area contributed by atoms with Gasteiger partial charge in [-0.25, -0.2) is 0 Å². The van der Waals surface area contributed by atoms with Crippen LogP contribution in [0.15, 0.2) is 0 Å². The Labute approximate surface area is 72.9 Å². The number of ether oxygens (including phenoxy) is 1. The van der Waals surface area contributed by atoms with Crippen LogP contribution in [0.5, 0.6) is 0 Å². The van der Waals surface area contributed by atoms with Crippen molar-refractivity contribution in [2.75, 3.05) is 6.61 Å². The zero-order valence-electron chi connectivity index (χ0n) is 7.28. The fourth-order valence-corrected chi connectivity index (χ4v) is 2.45. The van der Waals surface area contributed by atoms with Crippen LogP contribution in [0.1, 0.15) is 25.7 Å². The molecule has 2 aliphatic rings. The van der Waals surface area contributed by atoms with Crippen LogP contribution in [-0.4, -0.2) is 30.0 Å². The number of aliphatic hydroxyl groups is 1. The third-order valence-electron chi connectivity index (χ3n) is 3.07. The largest absolute Gasteiger partial charge is 0.395 e. The van der Waals surface area contributed by atoms with E-state index in [1.54, 1.807) is 0 Å². The quantitative estimate of drug-likeness (QED) is 0.640. The van der Waals surface area contributed by atoms with Crippen molar-refractivity contribution in [3.63, 3.8) is 0 Å². The lowest BCUT2D eigenvalue weighted by Crippen LogP contribution is -2.30. The van der Waals surface area contributed by atoms with Crippen LogP contribution in [0.2, 0.25) is 0 Å². The molecule has 2 fully saturated rings. The molecule has 0 aromatic carbocycles. The molecule has 4 unspecified atom stereocenters. The summed E-state index contributed by atoms with van der Waals surface area (Å²) < 4.78 is 5.69. The number of hydrogen-bond donors (Lipinski definition) is 2. The van der Waals surface area contributed by atoms with Gasteiger partial charge in [0, 0.05) is 6.04 Å². The van der Waals surface area contributed by atoms with E-state index in [0.29, 0.717) is 18.1 Å². The van der Waals surface area contributed by atoms with Crippen molar-refractivity contribution in [1.29, 1.82) is 0 Å². The molecular weight excluding hydrogens is 154 g/mol. The van der Waals surface area contributed by atoms with Crippen molar-refractivity contribution in [1.82, 2.24) is 0 Å². The highest BCUT2D eigenvalue weighted by atomic mass is 16.5.